The first-order chi connectivity index (χ1) is 17.5. The molecule has 0 radical (unpaired) electrons. The van der Waals surface area contributed by atoms with Crippen LogP contribution in [0.1, 0.15) is 17.2 Å². The minimum atomic E-state index is -0.135. The van der Waals surface area contributed by atoms with Gasteiger partial charge in [-0.05, 0) is 59.7 Å². The summed E-state index contributed by atoms with van der Waals surface area (Å²) in [7, 11) is 1.66. The molecule has 1 atom stereocenters. The molecule has 0 saturated carbocycles. The summed E-state index contributed by atoms with van der Waals surface area (Å²) in [5.41, 5.74) is 2.11. The highest BCUT2D eigenvalue weighted by Gasteiger charge is 2.24. The number of benzene rings is 3. The van der Waals surface area contributed by atoms with Crippen LogP contribution in [0.4, 0.5) is 0 Å². The second kappa shape index (κ2) is 13.0. The van der Waals surface area contributed by atoms with Crippen molar-refractivity contribution >= 4 is 29.1 Å². The van der Waals surface area contributed by atoms with Gasteiger partial charge in [-0.3, -0.25) is 9.69 Å². The van der Waals surface area contributed by atoms with E-state index in [0.29, 0.717) is 35.5 Å². The highest BCUT2D eigenvalue weighted by molar-refractivity contribution is 6.30. The first-order valence-corrected chi connectivity index (χ1v) is 12.6. The van der Waals surface area contributed by atoms with Crippen LogP contribution in [0.3, 0.4) is 0 Å². The van der Waals surface area contributed by atoms with E-state index in [9.17, 15) is 4.79 Å². The third-order valence-corrected chi connectivity index (χ3v) is 6.66. The Morgan fingerprint density at radius 2 is 1.56 bits per heavy atom. The van der Waals surface area contributed by atoms with Gasteiger partial charge >= 0.3 is 0 Å². The van der Waals surface area contributed by atoms with Crippen LogP contribution in [0, 0.1) is 0 Å². The number of halogens is 2. The van der Waals surface area contributed by atoms with Crippen molar-refractivity contribution < 1.29 is 19.0 Å². The highest BCUT2D eigenvalue weighted by atomic mass is 35.5. The van der Waals surface area contributed by atoms with Crippen molar-refractivity contribution in [2.75, 3.05) is 46.4 Å². The van der Waals surface area contributed by atoms with E-state index in [1.807, 2.05) is 53.4 Å². The molecule has 0 aliphatic carbocycles. The van der Waals surface area contributed by atoms with Gasteiger partial charge in [-0.1, -0.05) is 47.5 Å². The Morgan fingerprint density at radius 1 is 0.889 bits per heavy atom. The zero-order valence-corrected chi connectivity index (χ0v) is 21.8. The van der Waals surface area contributed by atoms with E-state index >= 15 is 0 Å². The summed E-state index contributed by atoms with van der Waals surface area (Å²) in [6, 6.07) is 22.7. The van der Waals surface area contributed by atoms with Crippen molar-refractivity contribution in [3.63, 3.8) is 0 Å². The normalized spacial score (nSPS) is 14.9. The lowest BCUT2D eigenvalue weighted by Crippen LogP contribution is -2.50. The fraction of sp³-hybridized carbons (Fsp3) is 0.321. The van der Waals surface area contributed by atoms with Crippen LogP contribution >= 0.6 is 23.2 Å². The van der Waals surface area contributed by atoms with Gasteiger partial charge in [0.1, 0.15) is 11.5 Å². The van der Waals surface area contributed by atoms with Gasteiger partial charge in [0.05, 0.1) is 19.8 Å². The standard InChI is InChI=1S/C28H30Cl2N2O4/c1-34-26-4-2-3-21(17-26)19-36-27(22-5-7-23(29)8-6-22)18-31-13-15-32(16-14-31)28(33)20-35-25-11-9-24(30)10-12-25/h2-12,17,27H,13-16,18-20H2,1H3/t27-/m0/s1. The first kappa shape index (κ1) is 26.3. The SMILES string of the molecule is COc1cccc(CO[C@@H](CN2CCN(C(=O)COc3ccc(Cl)cc3)CC2)c2ccc(Cl)cc2)c1. The Hall–Kier alpha value is -2.77. The maximum absolute atomic E-state index is 12.6. The summed E-state index contributed by atoms with van der Waals surface area (Å²) in [6.07, 6.45) is -0.135. The van der Waals surface area contributed by atoms with E-state index in [1.54, 1.807) is 31.4 Å². The van der Waals surface area contributed by atoms with Gasteiger partial charge in [0, 0.05) is 42.8 Å². The van der Waals surface area contributed by atoms with Crippen molar-refractivity contribution in [2.24, 2.45) is 0 Å². The van der Waals surface area contributed by atoms with E-state index in [-0.39, 0.29) is 18.6 Å². The molecule has 3 aromatic carbocycles. The molecule has 1 fully saturated rings. The third kappa shape index (κ3) is 7.61. The van der Waals surface area contributed by atoms with Crippen LogP contribution < -0.4 is 9.47 Å². The number of hydrogen-bond acceptors (Lipinski definition) is 5. The average Bonchev–Trinajstić information content (AvgIpc) is 2.91. The second-order valence-electron chi connectivity index (χ2n) is 8.63. The Bertz CT molecular complexity index is 1120. The molecule has 3 aromatic rings. The quantitative estimate of drug-likeness (QED) is 0.348. The number of rotatable bonds is 10. The van der Waals surface area contributed by atoms with Crippen LogP contribution in [0.25, 0.3) is 0 Å². The fourth-order valence-corrected chi connectivity index (χ4v) is 4.32. The minimum Gasteiger partial charge on any atom is -0.497 e. The molecule has 0 spiro atoms. The molecule has 1 aliphatic rings. The number of carbonyl (C=O) groups excluding carboxylic acids is 1. The number of ether oxygens (including phenoxy) is 3. The zero-order chi connectivity index (χ0) is 25.3. The van der Waals surface area contributed by atoms with Crippen LogP contribution in [0.2, 0.25) is 10.0 Å². The van der Waals surface area contributed by atoms with Crippen molar-refractivity contribution in [1.29, 1.82) is 0 Å². The Balaban J connectivity index is 1.31. The van der Waals surface area contributed by atoms with Crippen LogP contribution in [-0.4, -0.2) is 62.1 Å². The number of methoxy groups -OCH3 is 1. The molecule has 1 amide bonds. The number of amides is 1. The lowest BCUT2D eigenvalue weighted by atomic mass is 10.1. The monoisotopic (exact) mass is 528 g/mol. The number of nitrogens with zero attached hydrogens (tertiary/aromatic N) is 2. The zero-order valence-electron chi connectivity index (χ0n) is 20.2. The van der Waals surface area contributed by atoms with Crippen molar-refractivity contribution in [3.05, 3.63) is 94.0 Å². The van der Waals surface area contributed by atoms with Crippen LogP contribution in [0.15, 0.2) is 72.8 Å². The van der Waals surface area contributed by atoms with Crippen molar-refractivity contribution in [1.82, 2.24) is 9.80 Å². The number of piperazine rings is 1. The maximum Gasteiger partial charge on any atom is 0.260 e. The third-order valence-electron chi connectivity index (χ3n) is 6.15. The molecule has 36 heavy (non-hydrogen) atoms. The summed E-state index contributed by atoms with van der Waals surface area (Å²) >= 11 is 12.0. The summed E-state index contributed by atoms with van der Waals surface area (Å²) in [5, 5.41) is 1.33. The van der Waals surface area contributed by atoms with Crippen LogP contribution in [0.5, 0.6) is 11.5 Å². The van der Waals surface area contributed by atoms with E-state index in [1.165, 1.54) is 0 Å². The van der Waals surface area contributed by atoms with Gasteiger partial charge < -0.3 is 19.1 Å². The van der Waals surface area contributed by atoms with Crippen molar-refractivity contribution in [2.45, 2.75) is 12.7 Å². The summed E-state index contributed by atoms with van der Waals surface area (Å²) in [5.74, 6) is 1.42. The molecule has 0 bridgehead atoms. The molecule has 4 rings (SSSR count). The Kier molecular flexibility index (Phi) is 9.47. The van der Waals surface area contributed by atoms with Gasteiger partial charge in [0.25, 0.3) is 5.91 Å². The lowest BCUT2D eigenvalue weighted by molar-refractivity contribution is -0.135. The molecular formula is C28H30Cl2N2O4. The van der Waals surface area contributed by atoms with Gasteiger partial charge in [-0.15, -0.1) is 0 Å². The predicted octanol–water partition coefficient (Wildman–Crippen LogP) is 5.48. The van der Waals surface area contributed by atoms with Gasteiger partial charge in [0.2, 0.25) is 0 Å². The summed E-state index contributed by atoms with van der Waals surface area (Å²) in [6.45, 7) is 4.01. The largest absolute Gasteiger partial charge is 0.497 e. The molecule has 0 N–H and O–H groups in total. The van der Waals surface area contributed by atoms with E-state index in [2.05, 4.69) is 4.90 Å². The van der Waals surface area contributed by atoms with Gasteiger partial charge in [-0.2, -0.15) is 0 Å². The molecule has 1 aliphatic heterocycles. The number of carbonyl (C=O) groups is 1. The molecular weight excluding hydrogens is 499 g/mol. The van der Waals surface area contributed by atoms with Crippen molar-refractivity contribution in [3.8, 4) is 11.5 Å². The van der Waals surface area contributed by atoms with E-state index in [0.717, 1.165) is 36.5 Å². The molecule has 190 valence electrons. The highest BCUT2D eigenvalue weighted by Crippen LogP contribution is 2.24. The molecule has 6 nitrogen and oxygen atoms in total. The topological polar surface area (TPSA) is 51.2 Å². The summed E-state index contributed by atoms with van der Waals surface area (Å²) < 4.78 is 17.3. The smallest absolute Gasteiger partial charge is 0.260 e. The van der Waals surface area contributed by atoms with Gasteiger partial charge in [0.15, 0.2) is 6.61 Å². The van der Waals surface area contributed by atoms with E-state index in [4.69, 9.17) is 37.4 Å². The Morgan fingerprint density at radius 3 is 2.22 bits per heavy atom. The van der Waals surface area contributed by atoms with E-state index < -0.39 is 0 Å². The predicted molar refractivity (Wildman–Crippen MR) is 142 cm³/mol. The molecule has 8 heteroatoms. The molecule has 1 saturated heterocycles. The van der Waals surface area contributed by atoms with Gasteiger partial charge in [-0.25, -0.2) is 0 Å². The molecule has 1 heterocycles. The maximum atomic E-state index is 12.6. The molecule has 0 unspecified atom stereocenters. The van der Waals surface area contributed by atoms with Crippen LogP contribution in [-0.2, 0) is 16.1 Å². The molecule has 0 aromatic heterocycles. The second-order valence-corrected chi connectivity index (χ2v) is 9.50. The Labute approximate surface area is 222 Å². The average molecular weight is 529 g/mol. The first-order valence-electron chi connectivity index (χ1n) is 11.9. The fourth-order valence-electron chi connectivity index (χ4n) is 4.07. The minimum absolute atomic E-state index is 0.0126. The lowest BCUT2D eigenvalue weighted by Gasteiger charge is -2.36. The summed E-state index contributed by atoms with van der Waals surface area (Å²) in [4.78, 5) is 16.8. The number of hydrogen-bond donors (Lipinski definition) is 0.